The van der Waals surface area contributed by atoms with Gasteiger partial charge in [-0.3, -0.25) is 0 Å². The van der Waals surface area contributed by atoms with Gasteiger partial charge in [0.25, 0.3) is 0 Å². The standard InChI is InChI=1S/C16H15N/c1-2-16-15(13-8-4-3-5-9-13)12-14-10-6-7-11-17(14)16/h3-12H,2H2,1H3. The van der Waals surface area contributed by atoms with E-state index in [-0.39, 0.29) is 0 Å². The van der Waals surface area contributed by atoms with E-state index in [1.807, 2.05) is 0 Å². The fourth-order valence-electron chi connectivity index (χ4n) is 2.41. The summed E-state index contributed by atoms with van der Waals surface area (Å²) in [4.78, 5) is 0. The Morgan fingerprint density at radius 3 is 2.47 bits per heavy atom. The Kier molecular flexibility index (Phi) is 2.45. The van der Waals surface area contributed by atoms with E-state index in [2.05, 4.69) is 72.1 Å². The van der Waals surface area contributed by atoms with Crippen molar-refractivity contribution in [3.63, 3.8) is 0 Å². The van der Waals surface area contributed by atoms with Crippen molar-refractivity contribution >= 4 is 5.52 Å². The molecule has 0 bridgehead atoms. The predicted molar refractivity (Wildman–Crippen MR) is 72.2 cm³/mol. The van der Waals surface area contributed by atoms with Gasteiger partial charge < -0.3 is 4.40 Å². The molecule has 0 unspecified atom stereocenters. The van der Waals surface area contributed by atoms with E-state index in [1.54, 1.807) is 0 Å². The van der Waals surface area contributed by atoms with Crippen molar-refractivity contribution < 1.29 is 0 Å². The number of aryl methyl sites for hydroxylation is 1. The molecule has 0 amide bonds. The maximum atomic E-state index is 2.28. The molecule has 0 fully saturated rings. The number of nitrogens with zero attached hydrogens (tertiary/aromatic N) is 1. The minimum absolute atomic E-state index is 1.04. The van der Waals surface area contributed by atoms with Gasteiger partial charge in [0.1, 0.15) is 0 Å². The van der Waals surface area contributed by atoms with Gasteiger partial charge in [-0.2, -0.15) is 0 Å². The summed E-state index contributed by atoms with van der Waals surface area (Å²) < 4.78 is 2.28. The molecule has 17 heavy (non-hydrogen) atoms. The van der Waals surface area contributed by atoms with Crippen LogP contribution in [0.1, 0.15) is 12.6 Å². The molecule has 0 aliphatic carbocycles. The van der Waals surface area contributed by atoms with E-state index in [9.17, 15) is 0 Å². The Balaban J connectivity index is 2.30. The Hall–Kier alpha value is -2.02. The van der Waals surface area contributed by atoms with Gasteiger partial charge in [-0.05, 0) is 30.2 Å². The number of hydrogen-bond acceptors (Lipinski definition) is 0. The molecule has 0 aliphatic rings. The highest BCUT2D eigenvalue weighted by molar-refractivity contribution is 5.73. The van der Waals surface area contributed by atoms with E-state index < -0.39 is 0 Å². The van der Waals surface area contributed by atoms with Gasteiger partial charge in [0, 0.05) is 23.0 Å². The zero-order valence-electron chi connectivity index (χ0n) is 9.93. The quantitative estimate of drug-likeness (QED) is 0.612. The molecular formula is C16H15N. The first kappa shape index (κ1) is 10.2. The van der Waals surface area contributed by atoms with Gasteiger partial charge in [-0.1, -0.05) is 43.3 Å². The average Bonchev–Trinajstić information content (AvgIpc) is 2.78. The molecule has 3 aromatic rings. The summed E-state index contributed by atoms with van der Waals surface area (Å²) in [7, 11) is 0. The predicted octanol–water partition coefficient (Wildman–Crippen LogP) is 4.17. The summed E-state index contributed by atoms with van der Waals surface area (Å²) in [6.45, 7) is 2.21. The van der Waals surface area contributed by atoms with E-state index in [0.717, 1.165) is 6.42 Å². The molecule has 0 spiro atoms. The first-order chi connectivity index (χ1) is 8.40. The van der Waals surface area contributed by atoms with Crippen LogP contribution in [0, 0.1) is 0 Å². The molecular weight excluding hydrogens is 206 g/mol. The Labute approximate surface area is 101 Å². The van der Waals surface area contributed by atoms with Crippen LogP contribution in [0.3, 0.4) is 0 Å². The van der Waals surface area contributed by atoms with Crippen LogP contribution >= 0.6 is 0 Å². The Morgan fingerprint density at radius 1 is 0.941 bits per heavy atom. The first-order valence-corrected chi connectivity index (χ1v) is 6.04. The second-order valence-corrected chi connectivity index (χ2v) is 4.22. The van der Waals surface area contributed by atoms with Gasteiger partial charge in [-0.15, -0.1) is 0 Å². The fraction of sp³-hybridized carbons (Fsp3) is 0.125. The molecule has 1 aromatic carbocycles. The summed E-state index contributed by atoms with van der Waals surface area (Å²) in [5, 5.41) is 0. The number of hydrogen-bond donors (Lipinski definition) is 0. The van der Waals surface area contributed by atoms with Crippen LogP contribution in [-0.2, 0) is 6.42 Å². The molecule has 0 saturated carbocycles. The molecule has 2 heterocycles. The second-order valence-electron chi connectivity index (χ2n) is 4.22. The SMILES string of the molecule is CCc1c(-c2ccccc2)cc2ccccn12. The minimum atomic E-state index is 1.04. The monoisotopic (exact) mass is 221 g/mol. The highest BCUT2D eigenvalue weighted by Gasteiger charge is 2.09. The zero-order valence-corrected chi connectivity index (χ0v) is 9.93. The van der Waals surface area contributed by atoms with E-state index >= 15 is 0 Å². The van der Waals surface area contributed by atoms with Crippen molar-refractivity contribution in [1.29, 1.82) is 0 Å². The highest BCUT2D eigenvalue weighted by atomic mass is 14.9. The van der Waals surface area contributed by atoms with Crippen LogP contribution in [0.4, 0.5) is 0 Å². The smallest absolute Gasteiger partial charge is 0.0459 e. The summed E-state index contributed by atoms with van der Waals surface area (Å²) in [5.41, 5.74) is 5.29. The third kappa shape index (κ3) is 1.64. The third-order valence-corrected chi connectivity index (χ3v) is 3.21. The number of rotatable bonds is 2. The number of benzene rings is 1. The van der Waals surface area contributed by atoms with Crippen molar-refractivity contribution in [3.8, 4) is 11.1 Å². The third-order valence-electron chi connectivity index (χ3n) is 3.21. The van der Waals surface area contributed by atoms with E-state index in [1.165, 1.54) is 22.3 Å². The minimum Gasteiger partial charge on any atom is -0.320 e. The van der Waals surface area contributed by atoms with Gasteiger partial charge in [-0.25, -0.2) is 0 Å². The summed E-state index contributed by atoms with van der Waals surface area (Å²) in [6, 6.07) is 19.2. The lowest BCUT2D eigenvalue weighted by Crippen LogP contribution is -1.91. The fourth-order valence-corrected chi connectivity index (χ4v) is 2.41. The normalized spacial score (nSPS) is 10.9. The molecule has 1 heteroatoms. The summed E-state index contributed by atoms with van der Waals surface area (Å²) in [6.07, 6.45) is 3.18. The lowest BCUT2D eigenvalue weighted by Gasteiger charge is -2.03. The maximum absolute atomic E-state index is 2.28. The molecule has 0 N–H and O–H groups in total. The summed E-state index contributed by atoms with van der Waals surface area (Å²) in [5.74, 6) is 0. The van der Waals surface area contributed by atoms with Crippen LogP contribution in [0.15, 0.2) is 60.8 Å². The van der Waals surface area contributed by atoms with Crippen LogP contribution < -0.4 is 0 Å². The molecule has 3 rings (SSSR count). The van der Waals surface area contributed by atoms with Crippen molar-refractivity contribution in [2.75, 3.05) is 0 Å². The summed E-state index contributed by atoms with van der Waals surface area (Å²) >= 11 is 0. The molecule has 84 valence electrons. The van der Waals surface area contributed by atoms with E-state index in [4.69, 9.17) is 0 Å². The lowest BCUT2D eigenvalue weighted by atomic mass is 10.1. The van der Waals surface area contributed by atoms with Crippen LogP contribution in [0.25, 0.3) is 16.6 Å². The van der Waals surface area contributed by atoms with Gasteiger partial charge in [0.2, 0.25) is 0 Å². The second kappa shape index (κ2) is 4.10. The Morgan fingerprint density at radius 2 is 1.71 bits per heavy atom. The molecule has 0 atom stereocenters. The lowest BCUT2D eigenvalue weighted by molar-refractivity contribution is 0.998. The van der Waals surface area contributed by atoms with Gasteiger partial charge >= 0.3 is 0 Å². The highest BCUT2D eigenvalue weighted by Crippen LogP contribution is 2.27. The van der Waals surface area contributed by atoms with E-state index in [0.29, 0.717) is 0 Å². The average molecular weight is 221 g/mol. The van der Waals surface area contributed by atoms with Gasteiger partial charge in [0.05, 0.1) is 0 Å². The maximum Gasteiger partial charge on any atom is 0.0459 e. The van der Waals surface area contributed by atoms with Crippen LogP contribution in [0.5, 0.6) is 0 Å². The molecule has 0 aliphatic heterocycles. The van der Waals surface area contributed by atoms with Crippen molar-refractivity contribution in [2.45, 2.75) is 13.3 Å². The first-order valence-electron chi connectivity index (χ1n) is 6.04. The van der Waals surface area contributed by atoms with Crippen LogP contribution in [-0.4, -0.2) is 4.40 Å². The molecule has 0 saturated heterocycles. The van der Waals surface area contributed by atoms with Crippen LogP contribution in [0.2, 0.25) is 0 Å². The zero-order chi connectivity index (χ0) is 11.7. The largest absolute Gasteiger partial charge is 0.320 e. The van der Waals surface area contributed by atoms with Crippen molar-refractivity contribution in [2.24, 2.45) is 0 Å². The molecule has 2 aromatic heterocycles. The molecule has 1 nitrogen and oxygen atoms in total. The topological polar surface area (TPSA) is 4.41 Å². The number of aromatic nitrogens is 1. The van der Waals surface area contributed by atoms with Crippen molar-refractivity contribution in [1.82, 2.24) is 4.40 Å². The molecule has 0 radical (unpaired) electrons. The number of fused-ring (bicyclic) bond motifs is 1. The van der Waals surface area contributed by atoms with Crippen molar-refractivity contribution in [3.05, 3.63) is 66.5 Å². The Bertz CT molecular complexity index is 635. The number of pyridine rings is 1. The van der Waals surface area contributed by atoms with Gasteiger partial charge in [0.15, 0.2) is 0 Å².